The predicted octanol–water partition coefficient (Wildman–Crippen LogP) is 0.410. The lowest BCUT2D eigenvalue weighted by atomic mass is 10.8. The van der Waals surface area contributed by atoms with Crippen molar-refractivity contribution >= 4 is 0 Å². The first-order valence-corrected chi connectivity index (χ1v) is 1.20. The molecule has 0 saturated heterocycles. The summed E-state index contributed by atoms with van der Waals surface area (Å²) in [7, 11) is 0. The molecule has 2 heteroatoms. The Morgan fingerprint density at radius 1 is 2.00 bits per heavy atom. The molecular weight excluding hydrogens is 64.0 g/mol. The number of aromatic nitrogens is 2. The minimum Gasteiger partial charge on any atom is -0.286 e. The van der Waals surface area contributed by atoms with E-state index in [2.05, 4.69) is 10.2 Å². The Kier molecular flexibility index (Phi) is 0.148. The van der Waals surface area contributed by atoms with Gasteiger partial charge in [-0.3, -0.25) is 5.10 Å². The standard InChI is InChI=1S/C3H4N2/c1-2-4-5-3-1/h1-3H,(H,4,5)/i1D,2D,3D. The number of hydrogen-bond donors (Lipinski definition) is 1. The number of nitrogens with one attached hydrogen (secondary N) is 1. The van der Waals surface area contributed by atoms with Gasteiger partial charge in [0, 0.05) is 12.3 Å². The molecule has 1 aromatic heterocycles. The lowest BCUT2D eigenvalue weighted by molar-refractivity contribution is 1.09. The van der Waals surface area contributed by atoms with Crippen LogP contribution >= 0.6 is 0 Å². The van der Waals surface area contributed by atoms with Gasteiger partial charge in [0.1, 0.15) is 0 Å². The fourth-order valence-corrected chi connectivity index (χ4v) is 0.140. The van der Waals surface area contributed by atoms with Crippen LogP contribution in [0.5, 0.6) is 0 Å². The van der Waals surface area contributed by atoms with Gasteiger partial charge in [-0.1, -0.05) is 0 Å². The lowest BCUT2D eigenvalue weighted by Crippen LogP contribution is -1.53. The van der Waals surface area contributed by atoms with Gasteiger partial charge in [-0.15, -0.1) is 0 Å². The van der Waals surface area contributed by atoms with Crippen molar-refractivity contribution < 1.29 is 4.11 Å². The zero-order valence-electron chi connectivity index (χ0n) is 5.45. The highest BCUT2D eigenvalue weighted by atomic mass is 15.1. The molecule has 0 amide bonds. The predicted molar refractivity (Wildman–Crippen MR) is 18.6 cm³/mol. The van der Waals surface area contributed by atoms with Crippen molar-refractivity contribution in [2.75, 3.05) is 0 Å². The monoisotopic (exact) mass is 71.1 g/mol. The van der Waals surface area contributed by atoms with Gasteiger partial charge in [0.05, 0.1) is 4.11 Å². The maximum absolute atomic E-state index is 6.86. The summed E-state index contributed by atoms with van der Waals surface area (Å²) in [5.41, 5.74) is 0. The molecule has 0 bridgehead atoms. The summed E-state index contributed by atoms with van der Waals surface area (Å²) in [6.07, 6.45) is -0.273. The molecule has 1 rings (SSSR count). The van der Waals surface area contributed by atoms with E-state index >= 15 is 0 Å². The molecule has 26 valence electrons. The number of H-pyrrole nitrogens is 1. The van der Waals surface area contributed by atoms with Crippen LogP contribution in [0.15, 0.2) is 18.4 Å². The van der Waals surface area contributed by atoms with Gasteiger partial charge in [-0.05, 0) is 6.04 Å². The van der Waals surface area contributed by atoms with Gasteiger partial charge in [-0.25, -0.2) is 0 Å². The molecule has 5 heavy (non-hydrogen) atoms. The van der Waals surface area contributed by atoms with Crippen molar-refractivity contribution in [3.63, 3.8) is 0 Å². The summed E-state index contributed by atoms with van der Waals surface area (Å²) in [5, 5.41) is 5.46. The number of rotatable bonds is 0. The van der Waals surface area contributed by atoms with Crippen LogP contribution in [-0.2, 0) is 0 Å². The summed E-state index contributed by atoms with van der Waals surface area (Å²) < 4.78 is 20.5. The third kappa shape index (κ3) is 0.265. The molecule has 0 aliphatic carbocycles. The molecule has 1 heterocycles. The smallest absolute Gasteiger partial charge is 0.0860 e. The number of hydrogen-bond acceptors (Lipinski definition) is 1. The molecule has 0 aromatic carbocycles. The normalized spacial score (nSPS) is 16.4. The zero-order valence-corrected chi connectivity index (χ0v) is 2.45. The molecule has 2 nitrogen and oxygen atoms in total. The van der Waals surface area contributed by atoms with Gasteiger partial charge in [0.2, 0.25) is 0 Å². The molecular formula is C3H4N2. The first-order valence-electron chi connectivity index (χ1n) is 2.70. The van der Waals surface area contributed by atoms with Crippen molar-refractivity contribution in [1.82, 2.24) is 10.2 Å². The van der Waals surface area contributed by atoms with Crippen molar-refractivity contribution in [3.05, 3.63) is 18.4 Å². The van der Waals surface area contributed by atoms with E-state index in [0.717, 1.165) is 0 Å². The van der Waals surface area contributed by atoms with Crippen LogP contribution in [0, 0.1) is 0 Å². The van der Waals surface area contributed by atoms with E-state index in [0.29, 0.717) is 0 Å². The molecule has 0 aliphatic rings. The Hall–Kier alpha value is -0.790. The highest BCUT2D eigenvalue weighted by Gasteiger charge is 1.56. The van der Waals surface area contributed by atoms with Crippen molar-refractivity contribution in [2.45, 2.75) is 0 Å². The quantitative estimate of drug-likeness (QED) is 0.471. The summed E-state index contributed by atoms with van der Waals surface area (Å²) in [5.74, 6) is 0. The SMILES string of the molecule is [2H]c1n[nH]c([2H])c1[2H]. The fourth-order valence-electron chi connectivity index (χ4n) is 0.140. The topological polar surface area (TPSA) is 28.7 Å². The third-order valence-corrected chi connectivity index (χ3v) is 0.286. The first kappa shape index (κ1) is 0.834. The van der Waals surface area contributed by atoms with Gasteiger partial charge in [0.25, 0.3) is 0 Å². The molecule has 0 radical (unpaired) electrons. The molecule has 0 atom stereocenters. The molecule has 0 unspecified atom stereocenters. The summed E-state index contributed by atoms with van der Waals surface area (Å²) in [6.45, 7) is 0. The molecule has 0 saturated carbocycles. The first-order chi connectivity index (χ1) is 3.72. The van der Waals surface area contributed by atoms with E-state index in [1.165, 1.54) is 0 Å². The summed E-state index contributed by atoms with van der Waals surface area (Å²) in [4.78, 5) is 0. The molecule has 1 N–H and O–H groups in total. The second kappa shape index (κ2) is 0.885. The second-order valence-electron chi connectivity index (χ2n) is 0.585. The van der Waals surface area contributed by atoms with E-state index in [-0.39, 0.29) is 18.4 Å². The Bertz CT molecular complexity index is 175. The van der Waals surface area contributed by atoms with Crippen molar-refractivity contribution in [1.29, 1.82) is 0 Å². The minimum absolute atomic E-state index is 0.102. The fraction of sp³-hybridized carbons (Fsp3) is 0. The van der Waals surface area contributed by atoms with Crippen LogP contribution in [0.4, 0.5) is 0 Å². The van der Waals surface area contributed by atoms with E-state index in [1.54, 1.807) is 0 Å². The molecule has 1 aromatic rings. The van der Waals surface area contributed by atoms with Crippen LogP contribution in [0.2, 0.25) is 0 Å². The Balaban J connectivity index is 3.19. The number of aromatic amines is 1. The molecule has 0 fully saturated rings. The number of nitrogens with zero attached hydrogens (tertiary/aromatic N) is 1. The van der Waals surface area contributed by atoms with Crippen molar-refractivity contribution in [2.24, 2.45) is 0 Å². The summed E-state index contributed by atoms with van der Waals surface area (Å²) >= 11 is 0. The van der Waals surface area contributed by atoms with Gasteiger partial charge < -0.3 is 0 Å². The third-order valence-electron chi connectivity index (χ3n) is 0.286. The van der Waals surface area contributed by atoms with Crippen LogP contribution in [0.1, 0.15) is 4.11 Å². The minimum atomic E-state index is -0.171. The lowest BCUT2D eigenvalue weighted by Gasteiger charge is -1.49. The second-order valence-corrected chi connectivity index (χ2v) is 0.585. The molecule has 0 spiro atoms. The Morgan fingerprint density at radius 3 is 3.20 bits per heavy atom. The van der Waals surface area contributed by atoms with Gasteiger partial charge in [0.15, 0.2) is 0 Å². The average Bonchev–Trinajstić information content (AvgIpc) is 1.98. The van der Waals surface area contributed by atoms with Gasteiger partial charge >= 0.3 is 0 Å². The van der Waals surface area contributed by atoms with E-state index in [4.69, 9.17) is 4.11 Å². The van der Waals surface area contributed by atoms with Crippen molar-refractivity contribution in [3.8, 4) is 0 Å². The zero-order chi connectivity index (χ0) is 6.15. The maximum Gasteiger partial charge on any atom is 0.0860 e. The van der Waals surface area contributed by atoms with E-state index < -0.39 is 0 Å². The van der Waals surface area contributed by atoms with E-state index in [9.17, 15) is 0 Å². The van der Waals surface area contributed by atoms with E-state index in [1.807, 2.05) is 0 Å². The largest absolute Gasteiger partial charge is 0.286 e. The van der Waals surface area contributed by atoms with Gasteiger partial charge in [-0.2, -0.15) is 5.10 Å². The molecule has 0 aliphatic heterocycles. The Labute approximate surface area is 34.0 Å². The highest BCUT2D eigenvalue weighted by Crippen LogP contribution is 1.64. The van der Waals surface area contributed by atoms with Crippen LogP contribution in [0.3, 0.4) is 0 Å². The van der Waals surface area contributed by atoms with Crippen LogP contribution in [-0.4, -0.2) is 10.2 Å². The highest BCUT2D eigenvalue weighted by molar-refractivity contribution is 4.72. The summed E-state index contributed by atoms with van der Waals surface area (Å²) in [6, 6.07) is -0.148. The van der Waals surface area contributed by atoms with Crippen LogP contribution in [0.25, 0.3) is 0 Å². The maximum atomic E-state index is 6.86. The van der Waals surface area contributed by atoms with Crippen LogP contribution < -0.4 is 0 Å². The Morgan fingerprint density at radius 2 is 3.00 bits per heavy atom. The average molecular weight is 71.1 g/mol.